The van der Waals surface area contributed by atoms with Crippen molar-refractivity contribution in [3.63, 3.8) is 0 Å². The van der Waals surface area contributed by atoms with Gasteiger partial charge in [0.25, 0.3) is 5.91 Å². The molecular weight excluding hydrogens is 292 g/mol. The van der Waals surface area contributed by atoms with E-state index in [-0.39, 0.29) is 5.91 Å². The Bertz CT molecular complexity index is 872. The molecule has 116 valence electrons. The van der Waals surface area contributed by atoms with Crippen molar-refractivity contribution in [2.24, 2.45) is 0 Å². The van der Waals surface area contributed by atoms with Gasteiger partial charge in [-0.3, -0.25) is 4.79 Å². The minimum absolute atomic E-state index is 0.124. The Labute approximate surface area is 132 Å². The van der Waals surface area contributed by atoms with Gasteiger partial charge in [0.2, 0.25) is 0 Å². The van der Waals surface area contributed by atoms with Gasteiger partial charge in [-0.15, -0.1) is 0 Å². The number of fused-ring (bicyclic) bond motifs is 2. The van der Waals surface area contributed by atoms with E-state index < -0.39 is 0 Å². The van der Waals surface area contributed by atoms with Crippen LogP contribution in [0, 0.1) is 0 Å². The molecule has 23 heavy (non-hydrogen) atoms. The highest BCUT2D eigenvalue weighted by Crippen LogP contribution is 2.28. The van der Waals surface area contributed by atoms with Crippen LogP contribution in [0.1, 0.15) is 15.9 Å². The monoisotopic (exact) mass is 308 g/mol. The summed E-state index contributed by atoms with van der Waals surface area (Å²) in [7, 11) is 0. The lowest BCUT2D eigenvalue weighted by atomic mass is 10.1. The number of aromatic amines is 1. The van der Waals surface area contributed by atoms with E-state index in [2.05, 4.69) is 20.6 Å². The molecule has 0 unspecified atom stereocenters. The Kier molecular flexibility index (Phi) is 3.34. The number of anilines is 1. The Morgan fingerprint density at radius 1 is 1.35 bits per heavy atom. The van der Waals surface area contributed by atoms with Crippen molar-refractivity contribution < 1.29 is 9.53 Å². The van der Waals surface area contributed by atoms with Crippen LogP contribution in [-0.2, 0) is 6.54 Å². The number of hydrogen-bond donors (Lipinski definition) is 3. The van der Waals surface area contributed by atoms with Crippen molar-refractivity contribution >= 4 is 22.6 Å². The zero-order valence-corrected chi connectivity index (χ0v) is 12.4. The molecule has 3 aromatic rings. The van der Waals surface area contributed by atoms with E-state index in [0.717, 1.165) is 28.9 Å². The number of carbonyl (C=O) groups is 1. The summed E-state index contributed by atoms with van der Waals surface area (Å²) in [5, 5.41) is 7.03. The predicted molar refractivity (Wildman–Crippen MR) is 87.7 cm³/mol. The lowest BCUT2D eigenvalue weighted by Crippen LogP contribution is -2.23. The van der Waals surface area contributed by atoms with E-state index in [0.29, 0.717) is 24.4 Å². The third-order valence-electron chi connectivity index (χ3n) is 3.87. The zero-order chi connectivity index (χ0) is 15.6. The molecule has 3 heterocycles. The van der Waals surface area contributed by atoms with Crippen LogP contribution in [0.2, 0.25) is 0 Å². The third kappa shape index (κ3) is 2.59. The molecule has 1 aliphatic rings. The normalized spacial score (nSPS) is 13.0. The summed E-state index contributed by atoms with van der Waals surface area (Å²) < 4.78 is 5.61. The van der Waals surface area contributed by atoms with Gasteiger partial charge in [-0.2, -0.15) is 0 Å². The van der Waals surface area contributed by atoms with Gasteiger partial charge in [0.1, 0.15) is 18.0 Å². The first-order valence-electron chi connectivity index (χ1n) is 7.51. The fourth-order valence-electron chi connectivity index (χ4n) is 2.71. The second-order valence-corrected chi connectivity index (χ2v) is 5.39. The third-order valence-corrected chi connectivity index (χ3v) is 3.87. The first-order valence-corrected chi connectivity index (χ1v) is 7.51. The van der Waals surface area contributed by atoms with E-state index in [9.17, 15) is 4.79 Å². The van der Waals surface area contributed by atoms with Gasteiger partial charge in [0, 0.05) is 30.9 Å². The fraction of sp³-hybridized carbons (Fsp3) is 0.176. The van der Waals surface area contributed by atoms with Crippen LogP contribution in [0.5, 0.6) is 5.75 Å². The van der Waals surface area contributed by atoms with Gasteiger partial charge in [0.05, 0.1) is 11.3 Å². The Morgan fingerprint density at radius 3 is 3.26 bits per heavy atom. The molecule has 1 aromatic carbocycles. The molecule has 0 bridgehead atoms. The lowest BCUT2D eigenvalue weighted by molar-refractivity contribution is 0.0952. The summed E-state index contributed by atoms with van der Waals surface area (Å²) in [6.45, 7) is 1.92. The molecule has 3 N–H and O–H groups in total. The standard InChI is InChI=1S/C17H16N4O2/c22-17(13-10-20-16-12(13)2-1-5-19-16)21-9-11-3-4-14-15(8-11)23-7-6-18-14/h1-5,8,10,18H,6-7,9H2,(H,19,20)(H,21,22). The Morgan fingerprint density at radius 2 is 2.30 bits per heavy atom. The van der Waals surface area contributed by atoms with E-state index >= 15 is 0 Å². The number of nitrogens with zero attached hydrogens (tertiary/aromatic N) is 1. The highest BCUT2D eigenvalue weighted by atomic mass is 16.5. The molecule has 0 saturated heterocycles. The summed E-state index contributed by atoms with van der Waals surface area (Å²) in [5.74, 6) is 0.709. The second-order valence-electron chi connectivity index (χ2n) is 5.39. The number of amides is 1. The number of aromatic nitrogens is 2. The summed E-state index contributed by atoms with van der Waals surface area (Å²) in [6.07, 6.45) is 3.38. The average Bonchev–Trinajstić information content (AvgIpc) is 3.03. The van der Waals surface area contributed by atoms with Crippen LogP contribution in [0.15, 0.2) is 42.7 Å². The molecule has 0 fully saturated rings. The summed E-state index contributed by atoms with van der Waals surface area (Å²) in [4.78, 5) is 19.6. The maximum absolute atomic E-state index is 12.4. The number of ether oxygens (including phenoxy) is 1. The molecule has 2 aromatic heterocycles. The van der Waals surface area contributed by atoms with Crippen molar-refractivity contribution in [3.8, 4) is 5.75 Å². The average molecular weight is 308 g/mol. The predicted octanol–water partition coefficient (Wildman–Crippen LogP) is 2.30. The number of benzene rings is 1. The van der Waals surface area contributed by atoms with Crippen LogP contribution >= 0.6 is 0 Å². The molecule has 6 heteroatoms. The first kappa shape index (κ1) is 13.6. The van der Waals surface area contributed by atoms with Crippen molar-refractivity contribution in [2.75, 3.05) is 18.5 Å². The fourth-order valence-corrected chi connectivity index (χ4v) is 2.71. The molecule has 1 aliphatic heterocycles. The summed E-state index contributed by atoms with van der Waals surface area (Å²) in [5.41, 5.74) is 3.31. The van der Waals surface area contributed by atoms with Gasteiger partial charge in [-0.25, -0.2) is 4.98 Å². The minimum atomic E-state index is -0.124. The molecule has 1 amide bonds. The zero-order valence-electron chi connectivity index (χ0n) is 12.4. The molecular formula is C17H16N4O2. The number of hydrogen-bond acceptors (Lipinski definition) is 4. The topological polar surface area (TPSA) is 79.0 Å². The van der Waals surface area contributed by atoms with Gasteiger partial charge in [0.15, 0.2) is 0 Å². The largest absolute Gasteiger partial charge is 0.490 e. The van der Waals surface area contributed by atoms with Crippen LogP contribution in [-0.4, -0.2) is 29.0 Å². The van der Waals surface area contributed by atoms with Gasteiger partial charge in [-0.1, -0.05) is 6.07 Å². The number of carbonyl (C=O) groups excluding carboxylic acids is 1. The second kappa shape index (κ2) is 5.64. The number of H-pyrrole nitrogens is 1. The number of rotatable bonds is 3. The van der Waals surface area contributed by atoms with Gasteiger partial charge in [-0.05, 0) is 29.8 Å². The van der Waals surface area contributed by atoms with E-state index in [4.69, 9.17) is 4.74 Å². The molecule has 0 spiro atoms. The lowest BCUT2D eigenvalue weighted by Gasteiger charge is -2.19. The SMILES string of the molecule is O=C(NCc1ccc2c(c1)OCCN2)c1c[nH]c2ncccc12. The Hall–Kier alpha value is -3.02. The van der Waals surface area contributed by atoms with Crippen LogP contribution < -0.4 is 15.4 Å². The molecule has 4 rings (SSSR count). The number of pyridine rings is 1. The van der Waals surface area contributed by atoms with E-state index in [1.165, 1.54) is 0 Å². The number of nitrogens with one attached hydrogen (secondary N) is 3. The summed E-state index contributed by atoms with van der Waals surface area (Å²) >= 11 is 0. The van der Waals surface area contributed by atoms with Gasteiger partial charge >= 0.3 is 0 Å². The van der Waals surface area contributed by atoms with Crippen molar-refractivity contribution in [1.82, 2.24) is 15.3 Å². The van der Waals surface area contributed by atoms with Crippen LogP contribution in [0.3, 0.4) is 0 Å². The maximum Gasteiger partial charge on any atom is 0.253 e. The van der Waals surface area contributed by atoms with Crippen molar-refractivity contribution in [2.45, 2.75) is 6.54 Å². The first-order chi connectivity index (χ1) is 11.3. The van der Waals surface area contributed by atoms with E-state index in [1.54, 1.807) is 12.4 Å². The summed E-state index contributed by atoms with van der Waals surface area (Å²) in [6, 6.07) is 9.62. The molecule has 0 atom stereocenters. The molecule has 6 nitrogen and oxygen atoms in total. The smallest absolute Gasteiger partial charge is 0.253 e. The minimum Gasteiger partial charge on any atom is -0.490 e. The highest BCUT2D eigenvalue weighted by molar-refractivity contribution is 6.05. The van der Waals surface area contributed by atoms with E-state index in [1.807, 2.05) is 30.3 Å². The van der Waals surface area contributed by atoms with Crippen molar-refractivity contribution in [1.29, 1.82) is 0 Å². The van der Waals surface area contributed by atoms with Crippen molar-refractivity contribution in [3.05, 3.63) is 53.9 Å². The molecule has 0 radical (unpaired) electrons. The quantitative estimate of drug-likeness (QED) is 0.693. The van der Waals surface area contributed by atoms with Crippen LogP contribution in [0.25, 0.3) is 11.0 Å². The molecule has 0 aliphatic carbocycles. The Balaban J connectivity index is 1.49. The molecule has 0 saturated carbocycles. The van der Waals surface area contributed by atoms with Crippen LogP contribution in [0.4, 0.5) is 5.69 Å². The van der Waals surface area contributed by atoms with Gasteiger partial charge < -0.3 is 20.4 Å². The maximum atomic E-state index is 12.4. The highest BCUT2D eigenvalue weighted by Gasteiger charge is 2.13.